The highest BCUT2D eigenvalue weighted by molar-refractivity contribution is 7.83. The summed E-state index contributed by atoms with van der Waals surface area (Å²) < 4.78 is 63.7. The van der Waals surface area contributed by atoms with Crippen LogP contribution in [-0.4, -0.2) is 103 Å². The van der Waals surface area contributed by atoms with Crippen LogP contribution < -0.4 is 20.8 Å². The van der Waals surface area contributed by atoms with Crippen molar-refractivity contribution < 1.29 is 46.6 Å². The van der Waals surface area contributed by atoms with Gasteiger partial charge in [0, 0.05) is 12.1 Å². The summed E-state index contributed by atoms with van der Waals surface area (Å²) in [5.41, 5.74) is 6.78. The minimum absolute atomic E-state index is 0.119. The van der Waals surface area contributed by atoms with E-state index in [4.69, 9.17) is 33.7 Å². The largest absolute Gasteiger partial charge is 0.405 e. The van der Waals surface area contributed by atoms with E-state index in [1.54, 1.807) is 5.38 Å². The molecule has 18 heteroatoms. The first-order chi connectivity index (χ1) is 26.0. The lowest BCUT2D eigenvalue weighted by Crippen LogP contribution is -2.67. The number of nitrogens with zero attached hydrogens (tertiary/aromatic N) is 3. The van der Waals surface area contributed by atoms with Crippen LogP contribution in [-0.2, 0) is 33.7 Å². The molecule has 3 aliphatic rings. The molecular formula is C37H47N5O10S2Si. The van der Waals surface area contributed by atoms with E-state index in [1.165, 1.54) is 28.0 Å². The van der Waals surface area contributed by atoms with Crippen molar-refractivity contribution in [3.8, 4) is 6.07 Å². The molecule has 7 rings (SSSR count). The molecule has 2 aromatic carbocycles. The van der Waals surface area contributed by atoms with E-state index in [0.717, 1.165) is 0 Å². The number of hydrogen-bond donors (Lipinski definition) is 5. The second-order valence-corrected chi connectivity index (χ2v) is 21.6. The number of hydrogen-bond acceptors (Lipinski definition) is 14. The van der Waals surface area contributed by atoms with Gasteiger partial charge in [-0.2, -0.15) is 18.4 Å². The zero-order chi connectivity index (χ0) is 39.8. The number of aliphatic hydroxyl groups excluding tert-OH is 2. The molecular weight excluding hydrogens is 767 g/mol. The van der Waals surface area contributed by atoms with Gasteiger partial charge < -0.3 is 39.3 Å². The molecule has 6 N–H and O–H groups in total. The first-order valence-corrected chi connectivity index (χ1v) is 22.0. The quantitative estimate of drug-likeness (QED) is 0.115. The number of nitrogen functional groups attached to an aromatic ring is 1. The SMILES string of the molecule is CC1(C)O[C@@H]2[C@@H](CO[Si](c3ccccc3)(c3ccccc3)C(C)(C)C)OC(CC#N)[C@@H]2O1.Nc1ncnc2c([C@@H]3O[C@H](CNS(=O)(=O)O)[C@@H](O)[C@H]3O)csc12. The molecule has 0 aliphatic carbocycles. The molecule has 2 aromatic heterocycles. The van der Waals surface area contributed by atoms with E-state index in [0.29, 0.717) is 28.2 Å². The van der Waals surface area contributed by atoms with Crippen LogP contribution >= 0.6 is 11.3 Å². The number of nitriles is 1. The Bertz CT molecular complexity index is 2040. The van der Waals surface area contributed by atoms with Gasteiger partial charge in [-0.25, -0.2) is 9.97 Å². The van der Waals surface area contributed by atoms with Crippen LogP contribution in [0.25, 0.3) is 10.2 Å². The van der Waals surface area contributed by atoms with E-state index in [-0.39, 0.29) is 42.4 Å². The molecule has 0 amide bonds. The zero-order valence-corrected chi connectivity index (χ0v) is 33.7. The number of aromatic nitrogens is 2. The normalized spacial score (nSPS) is 27.7. The Balaban J connectivity index is 0.000000197. The van der Waals surface area contributed by atoms with E-state index < -0.39 is 48.8 Å². The molecule has 3 saturated heterocycles. The topological polar surface area (TPSA) is 229 Å². The Morgan fingerprint density at radius 1 is 0.964 bits per heavy atom. The average Bonchev–Trinajstić information content (AvgIpc) is 3.86. The van der Waals surface area contributed by atoms with Gasteiger partial charge in [0.05, 0.1) is 29.3 Å². The van der Waals surface area contributed by atoms with Gasteiger partial charge in [-0.05, 0) is 34.6 Å². The smallest absolute Gasteiger partial charge is 0.333 e. The number of anilines is 1. The third kappa shape index (κ3) is 8.63. The van der Waals surface area contributed by atoms with E-state index in [1.807, 2.05) is 30.7 Å². The molecule has 3 fully saturated rings. The van der Waals surface area contributed by atoms with Crippen molar-refractivity contribution in [1.82, 2.24) is 14.7 Å². The van der Waals surface area contributed by atoms with Crippen LogP contribution in [0.1, 0.15) is 52.7 Å². The van der Waals surface area contributed by atoms with Gasteiger partial charge in [0.1, 0.15) is 61.0 Å². The number of fused-ring (bicyclic) bond motifs is 2. The monoisotopic (exact) mass is 813 g/mol. The third-order valence-electron chi connectivity index (χ3n) is 9.96. The maximum absolute atomic E-state index is 10.7. The molecule has 55 heavy (non-hydrogen) atoms. The maximum atomic E-state index is 10.7. The lowest BCUT2D eigenvalue weighted by atomic mass is 10.0. The molecule has 8 atom stereocenters. The first kappa shape index (κ1) is 41.2. The Labute approximate surface area is 325 Å². The maximum Gasteiger partial charge on any atom is 0.333 e. The average molecular weight is 814 g/mol. The van der Waals surface area contributed by atoms with E-state index >= 15 is 0 Å². The van der Waals surface area contributed by atoms with E-state index in [9.17, 15) is 23.9 Å². The van der Waals surface area contributed by atoms with Crippen molar-refractivity contribution >= 4 is 56.4 Å². The fraction of sp³-hybridized carbons (Fsp3) is 0.486. The first-order valence-electron chi connectivity index (χ1n) is 17.8. The van der Waals surface area contributed by atoms with Crippen LogP contribution in [0.5, 0.6) is 0 Å². The number of aliphatic hydroxyl groups is 2. The molecule has 15 nitrogen and oxygen atoms in total. The number of ether oxygens (including phenoxy) is 4. The number of nitrogens with two attached hydrogens (primary N) is 1. The summed E-state index contributed by atoms with van der Waals surface area (Å²) in [6.07, 6.45) is -4.08. The molecule has 296 valence electrons. The standard InChI is InChI=1S/C26H33NO4Si.C11H14N4O6S2/c1-25(2,3)32(19-12-8-6-9-13-19,20-14-10-7-11-15-20)28-18-22-24-23(21(29-22)16-17-27)30-26(4,5)31-24;12-11-10-6(13-3-14-11)4(2-22-10)9-8(17)7(16)5(21-9)1-15-23(18,19)20/h6-15,21-24H,16,18H2,1-5H3;2-3,5,7-9,15-17H,1H2,(H2,12,13,14)(H,18,19,20)/t21?,22-,23+,24-;5-,7-,8-,9+/m11/s1. The summed E-state index contributed by atoms with van der Waals surface area (Å²) in [6, 6.07) is 23.3. The molecule has 0 bridgehead atoms. The molecule has 4 aromatic rings. The predicted octanol–water partition coefficient (Wildman–Crippen LogP) is 2.59. The van der Waals surface area contributed by atoms with Crippen LogP contribution in [0, 0.1) is 11.3 Å². The van der Waals surface area contributed by atoms with Gasteiger partial charge in [0.15, 0.2) is 5.79 Å². The van der Waals surface area contributed by atoms with Crippen molar-refractivity contribution in [2.75, 3.05) is 18.9 Å². The number of benzene rings is 2. The molecule has 0 spiro atoms. The molecule has 0 saturated carbocycles. The summed E-state index contributed by atoms with van der Waals surface area (Å²) in [4.78, 5) is 7.98. The molecule has 0 radical (unpaired) electrons. The lowest BCUT2D eigenvalue weighted by Gasteiger charge is -2.43. The fourth-order valence-electron chi connectivity index (χ4n) is 7.58. The van der Waals surface area contributed by atoms with Crippen molar-refractivity contribution in [2.24, 2.45) is 0 Å². The Hall–Kier alpha value is -3.42. The van der Waals surface area contributed by atoms with Crippen LogP contribution in [0.2, 0.25) is 5.04 Å². The summed E-state index contributed by atoms with van der Waals surface area (Å²) in [5, 5.41) is 33.5. The molecule has 3 aliphatic heterocycles. The second kappa shape index (κ2) is 16.2. The summed E-state index contributed by atoms with van der Waals surface area (Å²) in [7, 11) is -7.10. The minimum atomic E-state index is -4.42. The Morgan fingerprint density at radius 3 is 2.13 bits per heavy atom. The lowest BCUT2D eigenvalue weighted by molar-refractivity contribution is -0.189. The molecule has 5 heterocycles. The summed E-state index contributed by atoms with van der Waals surface area (Å²) in [6.45, 7) is 10.6. The van der Waals surface area contributed by atoms with Crippen LogP contribution in [0.4, 0.5) is 5.82 Å². The van der Waals surface area contributed by atoms with Gasteiger partial charge in [-0.1, -0.05) is 81.4 Å². The molecule has 1 unspecified atom stereocenters. The van der Waals surface area contributed by atoms with Crippen molar-refractivity contribution in [3.63, 3.8) is 0 Å². The summed E-state index contributed by atoms with van der Waals surface area (Å²) in [5.74, 6) is -0.397. The van der Waals surface area contributed by atoms with Crippen molar-refractivity contribution in [3.05, 3.63) is 77.9 Å². The summed E-state index contributed by atoms with van der Waals surface area (Å²) >= 11 is 1.28. The second-order valence-electron chi connectivity index (χ2n) is 15.1. The third-order valence-corrected chi connectivity index (χ3v) is 16.5. The predicted molar refractivity (Wildman–Crippen MR) is 207 cm³/mol. The minimum Gasteiger partial charge on any atom is -0.405 e. The van der Waals surface area contributed by atoms with Crippen LogP contribution in [0.3, 0.4) is 0 Å². The fourth-order valence-corrected chi connectivity index (χ4v) is 13.5. The van der Waals surface area contributed by atoms with Gasteiger partial charge >= 0.3 is 10.3 Å². The van der Waals surface area contributed by atoms with Crippen molar-refractivity contribution in [2.45, 2.75) is 101 Å². The van der Waals surface area contributed by atoms with Crippen molar-refractivity contribution in [1.29, 1.82) is 5.26 Å². The van der Waals surface area contributed by atoms with Crippen LogP contribution in [0.15, 0.2) is 72.4 Å². The van der Waals surface area contributed by atoms with Gasteiger partial charge in [0.25, 0.3) is 8.32 Å². The zero-order valence-electron chi connectivity index (χ0n) is 31.1. The number of thiophene rings is 1. The highest BCUT2D eigenvalue weighted by Crippen LogP contribution is 2.42. The highest BCUT2D eigenvalue weighted by atomic mass is 32.2. The Kier molecular flexibility index (Phi) is 12.1. The Morgan fingerprint density at radius 2 is 1.56 bits per heavy atom. The van der Waals surface area contributed by atoms with E-state index in [2.05, 4.69) is 85.3 Å². The number of rotatable bonds is 10. The highest BCUT2D eigenvalue weighted by Gasteiger charge is 2.57. The van der Waals surface area contributed by atoms with Gasteiger partial charge in [0.2, 0.25) is 0 Å². The number of nitrogens with one attached hydrogen (secondary N) is 1. The van der Waals surface area contributed by atoms with Gasteiger partial charge in [-0.3, -0.25) is 4.55 Å². The van der Waals surface area contributed by atoms with Gasteiger partial charge in [-0.15, -0.1) is 11.3 Å².